The second kappa shape index (κ2) is 7.62. The fourth-order valence-corrected chi connectivity index (χ4v) is 2.63. The summed E-state index contributed by atoms with van der Waals surface area (Å²) in [5.41, 5.74) is -0.957. The average Bonchev–Trinajstić information content (AvgIpc) is 2.39. The lowest BCUT2D eigenvalue weighted by molar-refractivity contribution is -0.151. The topological polar surface area (TPSA) is 67.4 Å². The van der Waals surface area contributed by atoms with E-state index < -0.39 is 5.54 Å². The van der Waals surface area contributed by atoms with E-state index in [1.807, 2.05) is 0 Å². The minimum atomic E-state index is -0.957. The van der Waals surface area contributed by atoms with Crippen LogP contribution in [-0.4, -0.2) is 37.1 Å². The molecule has 116 valence electrons. The minimum absolute atomic E-state index is 0.0749. The highest BCUT2D eigenvalue weighted by Crippen LogP contribution is 2.24. The van der Waals surface area contributed by atoms with Gasteiger partial charge in [-0.3, -0.25) is 4.79 Å². The van der Waals surface area contributed by atoms with Crippen molar-refractivity contribution in [1.82, 2.24) is 10.6 Å². The number of piperidine rings is 1. The third-order valence-corrected chi connectivity index (χ3v) is 3.93. The highest BCUT2D eigenvalue weighted by molar-refractivity contribution is 5.87. The van der Waals surface area contributed by atoms with E-state index in [-0.39, 0.29) is 11.9 Å². The smallest absolute Gasteiger partial charge is 0.331 e. The third-order valence-electron chi connectivity index (χ3n) is 3.93. The summed E-state index contributed by atoms with van der Waals surface area (Å²) < 4.78 is 4.97. The summed E-state index contributed by atoms with van der Waals surface area (Å²) >= 11 is 0. The first kappa shape index (κ1) is 17.0. The molecule has 1 amide bonds. The molecular formula is C15H28N2O3. The van der Waals surface area contributed by atoms with Crippen LogP contribution in [-0.2, 0) is 14.3 Å². The fourth-order valence-electron chi connectivity index (χ4n) is 2.63. The number of carbonyl (C=O) groups excluding carboxylic acids is 2. The molecule has 0 bridgehead atoms. The summed E-state index contributed by atoms with van der Waals surface area (Å²) in [6.07, 6.45) is 2.71. The van der Waals surface area contributed by atoms with Gasteiger partial charge in [0.25, 0.3) is 0 Å². The van der Waals surface area contributed by atoms with Crippen LogP contribution in [0, 0.1) is 11.8 Å². The summed E-state index contributed by atoms with van der Waals surface area (Å²) in [6.45, 7) is 9.62. The lowest BCUT2D eigenvalue weighted by Crippen LogP contribution is -2.51. The Morgan fingerprint density at radius 3 is 2.50 bits per heavy atom. The molecule has 1 aliphatic rings. The van der Waals surface area contributed by atoms with Crippen LogP contribution in [0.15, 0.2) is 0 Å². The Kier molecular flexibility index (Phi) is 6.46. The molecule has 5 nitrogen and oxygen atoms in total. The predicted octanol–water partition coefficient (Wildman–Crippen LogP) is 1.47. The van der Waals surface area contributed by atoms with E-state index in [0.717, 1.165) is 25.9 Å². The molecule has 20 heavy (non-hydrogen) atoms. The molecule has 1 aliphatic heterocycles. The van der Waals surface area contributed by atoms with Crippen LogP contribution in [0.25, 0.3) is 0 Å². The number of rotatable bonds is 6. The maximum atomic E-state index is 12.1. The molecule has 1 rings (SSSR count). The predicted molar refractivity (Wildman–Crippen MR) is 78.2 cm³/mol. The van der Waals surface area contributed by atoms with Gasteiger partial charge in [-0.05, 0) is 58.5 Å². The Bertz CT molecular complexity index is 336. The molecule has 0 radical (unpaired) electrons. The van der Waals surface area contributed by atoms with Crippen molar-refractivity contribution in [3.8, 4) is 0 Å². The molecule has 1 atom stereocenters. The van der Waals surface area contributed by atoms with Gasteiger partial charge in [0.2, 0.25) is 5.91 Å². The molecule has 1 unspecified atom stereocenters. The van der Waals surface area contributed by atoms with Gasteiger partial charge in [-0.25, -0.2) is 4.79 Å². The quantitative estimate of drug-likeness (QED) is 0.725. The first-order chi connectivity index (χ1) is 9.36. The molecule has 2 N–H and O–H groups in total. The van der Waals surface area contributed by atoms with E-state index in [1.54, 1.807) is 20.8 Å². The summed E-state index contributed by atoms with van der Waals surface area (Å²) in [6, 6.07) is 0. The van der Waals surface area contributed by atoms with Gasteiger partial charge in [-0.1, -0.05) is 6.92 Å². The zero-order valence-corrected chi connectivity index (χ0v) is 13.1. The van der Waals surface area contributed by atoms with Gasteiger partial charge in [0.05, 0.1) is 6.61 Å². The number of hydrogen-bond acceptors (Lipinski definition) is 4. The third kappa shape index (κ3) is 5.12. The standard InChI is InChI=1S/C15H28N2O3/c1-5-20-14(19)15(3,4)17-13(18)10-11(2)12-6-8-16-9-7-12/h11-12,16H,5-10H2,1-4H3,(H,17,18). The molecule has 0 saturated carbocycles. The van der Waals surface area contributed by atoms with Crippen molar-refractivity contribution in [3.63, 3.8) is 0 Å². The fraction of sp³-hybridized carbons (Fsp3) is 0.867. The maximum Gasteiger partial charge on any atom is 0.331 e. The van der Waals surface area contributed by atoms with Crippen LogP contribution in [0.4, 0.5) is 0 Å². The van der Waals surface area contributed by atoms with Crippen LogP contribution in [0.2, 0.25) is 0 Å². The summed E-state index contributed by atoms with van der Waals surface area (Å²) in [4.78, 5) is 23.8. The highest BCUT2D eigenvalue weighted by atomic mass is 16.5. The SMILES string of the molecule is CCOC(=O)C(C)(C)NC(=O)CC(C)C1CCNCC1. The van der Waals surface area contributed by atoms with Crippen molar-refractivity contribution in [2.24, 2.45) is 11.8 Å². The van der Waals surface area contributed by atoms with Gasteiger partial charge in [-0.15, -0.1) is 0 Å². The molecule has 1 saturated heterocycles. The lowest BCUT2D eigenvalue weighted by atomic mass is 9.84. The maximum absolute atomic E-state index is 12.1. The highest BCUT2D eigenvalue weighted by Gasteiger charge is 2.32. The first-order valence-corrected chi connectivity index (χ1v) is 7.55. The van der Waals surface area contributed by atoms with E-state index in [2.05, 4.69) is 17.6 Å². The number of amides is 1. The van der Waals surface area contributed by atoms with Crippen molar-refractivity contribution in [3.05, 3.63) is 0 Å². The zero-order chi connectivity index (χ0) is 15.2. The average molecular weight is 284 g/mol. The Morgan fingerprint density at radius 1 is 1.35 bits per heavy atom. The normalized spacial score (nSPS) is 18.4. The lowest BCUT2D eigenvalue weighted by Gasteiger charge is -2.29. The van der Waals surface area contributed by atoms with Crippen molar-refractivity contribution in [1.29, 1.82) is 0 Å². The number of esters is 1. The van der Waals surface area contributed by atoms with E-state index in [0.29, 0.717) is 24.9 Å². The van der Waals surface area contributed by atoms with Crippen molar-refractivity contribution in [2.45, 2.75) is 52.5 Å². The minimum Gasteiger partial charge on any atom is -0.464 e. The number of hydrogen-bond donors (Lipinski definition) is 2. The Labute approximate surface area is 121 Å². The van der Waals surface area contributed by atoms with Gasteiger partial charge in [-0.2, -0.15) is 0 Å². The van der Waals surface area contributed by atoms with Gasteiger partial charge in [0.15, 0.2) is 0 Å². The van der Waals surface area contributed by atoms with Gasteiger partial charge in [0, 0.05) is 6.42 Å². The zero-order valence-electron chi connectivity index (χ0n) is 13.1. The van der Waals surface area contributed by atoms with Crippen LogP contribution in [0.3, 0.4) is 0 Å². The Hall–Kier alpha value is -1.10. The molecule has 0 spiro atoms. The van der Waals surface area contributed by atoms with Gasteiger partial charge >= 0.3 is 5.97 Å². The van der Waals surface area contributed by atoms with Crippen molar-refractivity contribution < 1.29 is 14.3 Å². The van der Waals surface area contributed by atoms with E-state index in [1.165, 1.54) is 0 Å². The second-order valence-electron chi connectivity index (χ2n) is 6.16. The molecule has 1 heterocycles. The van der Waals surface area contributed by atoms with Crippen LogP contribution in [0.1, 0.15) is 47.0 Å². The molecule has 0 aromatic heterocycles. The van der Waals surface area contributed by atoms with Crippen LogP contribution < -0.4 is 10.6 Å². The van der Waals surface area contributed by atoms with E-state index in [9.17, 15) is 9.59 Å². The molecular weight excluding hydrogens is 256 g/mol. The number of ether oxygens (including phenoxy) is 1. The second-order valence-corrected chi connectivity index (χ2v) is 6.16. The van der Waals surface area contributed by atoms with Crippen LogP contribution in [0.5, 0.6) is 0 Å². The first-order valence-electron chi connectivity index (χ1n) is 7.55. The van der Waals surface area contributed by atoms with Gasteiger partial charge in [0.1, 0.15) is 5.54 Å². The van der Waals surface area contributed by atoms with E-state index >= 15 is 0 Å². The Morgan fingerprint density at radius 2 is 1.95 bits per heavy atom. The molecule has 5 heteroatoms. The number of carbonyl (C=O) groups is 2. The summed E-state index contributed by atoms with van der Waals surface area (Å²) in [7, 11) is 0. The van der Waals surface area contributed by atoms with Crippen molar-refractivity contribution >= 4 is 11.9 Å². The molecule has 0 aliphatic carbocycles. The van der Waals surface area contributed by atoms with Gasteiger partial charge < -0.3 is 15.4 Å². The number of nitrogens with one attached hydrogen (secondary N) is 2. The van der Waals surface area contributed by atoms with E-state index in [4.69, 9.17) is 4.74 Å². The summed E-state index contributed by atoms with van der Waals surface area (Å²) in [5.74, 6) is 0.472. The monoisotopic (exact) mass is 284 g/mol. The summed E-state index contributed by atoms with van der Waals surface area (Å²) in [5, 5.41) is 6.11. The molecule has 1 fully saturated rings. The molecule has 0 aromatic carbocycles. The van der Waals surface area contributed by atoms with Crippen molar-refractivity contribution in [2.75, 3.05) is 19.7 Å². The largest absolute Gasteiger partial charge is 0.464 e. The molecule has 0 aromatic rings. The Balaban J connectivity index is 2.43. The van der Waals surface area contributed by atoms with Crippen LogP contribution >= 0.6 is 0 Å².